The van der Waals surface area contributed by atoms with Gasteiger partial charge in [-0.1, -0.05) is 0 Å². The van der Waals surface area contributed by atoms with E-state index < -0.39 is 23.4 Å². The Bertz CT molecular complexity index is 565. The van der Waals surface area contributed by atoms with Gasteiger partial charge in [-0.3, -0.25) is 14.4 Å². The molecule has 0 radical (unpaired) electrons. The normalized spacial score (nSPS) is 18.2. The highest BCUT2D eigenvalue weighted by atomic mass is 19.4. The van der Waals surface area contributed by atoms with Gasteiger partial charge in [0.15, 0.2) is 5.69 Å². The molecule has 3 amide bonds. The van der Waals surface area contributed by atoms with E-state index in [-0.39, 0.29) is 19.0 Å². The van der Waals surface area contributed by atoms with Gasteiger partial charge in [-0.05, 0) is 26.3 Å². The van der Waals surface area contributed by atoms with E-state index in [2.05, 4.69) is 10.4 Å². The Labute approximate surface area is 118 Å². The lowest BCUT2D eigenvalue weighted by atomic mass is 10.1. The molecule has 1 aromatic heterocycles. The zero-order valence-electron chi connectivity index (χ0n) is 11.6. The van der Waals surface area contributed by atoms with Gasteiger partial charge in [-0.25, -0.2) is 4.79 Å². The average molecular weight is 304 g/mol. The number of hydrogen-bond acceptors (Lipinski definition) is 3. The molecule has 1 saturated heterocycles. The molecule has 1 aromatic rings. The first-order chi connectivity index (χ1) is 9.61. The molecule has 116 valence electrons. The monoisotopic (exact) mass is 304 g/mol. The summed E-state index contributed by atoms with van der Waals surface area (Å²) in [4.78, 5) is 24.6. The van der Waals surface area contributed by atoms with Gasteiger partial charge in [0.25, 0.3) is 5.91 Å². The highest BCUT2D eigenvalue weighted by Crippen LogP contribution is 2.27. The minimum atomic E-state index is -4.47. The molecule has 1 N–H and O–H groups in total. The zero-order chi connectivity index (χ0) is 15.8. The van der Waals surface area contributed by atoms with E-state index >= 15 is 0 Å². The van der Waals surface area contributed by atoms with Crippen LogP contribution < -0.4 is 5.32 Å². The minimum absolute atomic E-state index is 0.134. The number of halogens is 3. The van der Waals surface area contributed by atoms with Gasteiger partial charge in [-0.15, -0.1) is 0 Å². The molecule has 9 heteroatoms. The number of amides is 3. The van der Waals surface area contributed by atoms with Gasteiger partial charge in [0.2, 0.25) is 0 Å². The highest BCUT2D eigenvalue weighted by molar-refractivity contribution is 6.06. The maximum atomic E-state index is 12.4. The van der Waals surface area contributed by atoms with Crippen LogP contribution in [0.15, 0.2) is 12.3 Å². The lowest BCUT2D eigenvalue weighted by molar-refractivity contribution is -0.141. The Morgan fingerprint density at radius 3 is 2.43 bits per heavy atom. The van der Waals surface area contributed by atoms with Crippen LogP contribution >= 0.6 is 0 Å². The fourth-order valence-electron chi connectivity index (χ4n) is 2.05. The van der Waals surface area contributed by atoms with Gasteiger partial charge < -0.3 is 5.32 Å². The molecule has 1 fully saturated rings. The van der Waals surface area contributed by atoms with Crippen LogP contribution in [-0.4, -0.2) is 38.7 Å². The van der Waals surface area contributed by atoms with Crippen molar-refractivity contribution < 1.29 is 22.8 Å². The third-order valence-corrected chi connectivity index (χ3v) is 3.14. The molecule has 6 nitrogen and oxygen atoms in total. The van der Waals surface area contributed by atoms with Crippen molar-refractivity contribution in [3.8, 4) is 0 Å². The van der Waals surface area contributed by atoms with E-state index in [0.29, 0.717) is 6.42 Å². The zero-order valence-corrected chi connectivity index (χ0v) is 11.6. The number of nitrogens with zero attached hydrogens (tertiary/aromatic N) is 3. The van der Waals surface area contributed by atoms with Crippen molar-refractivity contribution in [2.45, 2.75) is 38.5 Å². The molecule has 1 aliphatic rings. The largest absolute Gasteiger partial charge is 0.435 e. The van der Waals surface area contributed by atoms with Crippen molar-refractivity contribution in [3.63, 3.8) is 0 Å². The first-order valence-electron chi connectivity index (χ1n) is 6.36. The number of carbonyl (C=O) groups is 2. The standard InChI is InChI=1S/C12H15F3N4O2/c1-11(2)9(20)19(10(21)16-11)6-3-5-18-7-4-8(17-18)12(13,14)15/h4,7H,3,5-6H2,1-2H3,(H,16,21). The third-order valence-electron chi connectivity index (χ3n) is 3.14. The van der Waals surface area contributed by atoms with Crippen LogP contribution in [0, 0.1) is 0 Å². The van der Waals surface area contributed by atoms with E-state index in [1.54, 1.807) is 13.8 Å². The summed E-state index contributed by atoms with van der Waals surface area (Å²) in [5.74, 6) is -0.344. The van der Waals surface area contributed by atoms with Gasteiger partial charge in [0.1, 0.15) is 5.54 Å². The van der Waals surface area contributed by atoms with Crippen molar-refractivity contribution in [1.29, 1.82) is 0 Å². The quantitative estimate of drug-likeness (QED) is 0.860. The Balaban J connectivity index is 1.89. The van der Waals surface area contributed by atoms with Crippen LogP contribution in [0.2, 0.25) is 0 Å². The van der Waals surface area contributed by atoms with Crippen molar-refractivity contribution in [3.05, 3.63) is 18.0 Å². The summed E-state index contributed by atoms with van der Waals surface area (Å²) in [7, 11) is 0. The molecule has 21 heavy (non-hydrogen) atoms. The summed E-state index contributed by atoms with van der Waals surface area (Å²) in [6.07, 6.45) is -2.92. The molecular formula is C12H15F3N4O2. The molecule has 0 atom stereocenters. The van der Waals surface area contributed by atoms with Crippen LogP contribution in [0.1, 0.15) is 26.0 Å². The number of aromatic nitrogens is 2. The number of alkyl halides is 3. The molecule has 0 aliphatic carbocycles. The summed E-state index contributed by atoms with van der Waals surface area (Å²) in [6.45, 7) is 3.51. The Morgan fingerprint density at radius 1 is 1.29 bits per heavy atom. The molecular weight excluding hydrogens is 289 g/mol. The number of rotatable bonds is 4. The predicted octanol–water partition coefficient (Wildman–Crippen LogP) is 1.62. The summed E-state index contributed by atoms with van der Waals surface area (Å²) in [6, 6.07) is 0.401. The minimum Gasteiger partial charge on any atom is -0.324 e. The number of nitrogens with one attached hydrogen (secondary N) is 1. The smallest absolute Gasteiger partial charge is 0.324 e. The summed E-state index contributed by atoms with van der Waals surface area (Å²) >= 11 is 0. The van der Waals surface area contributed by atoms with E-state index in [1.807, 2.05) is 0 Å². The molecule has 2 heterocycles. The second-order valence-electron chi connectivity index (χ2n) is 5.33. The number of imide groups is 1. The van der Waals surface area contributed by atoms with E-state index in [0.717, 1.165) is 15.6 Å². The lowest BCUT2D eigenvalue weighted by Gasteiger charge is -2.15. The van der Waals surface area contributed by atoms with Crippen LogP contribution in [-0.2, 0) is 17.5 Å². The molecule has 0 saturated carbocycles. The van der Waals surface area contributed by atoms with Crippen LogP contribution in [0.5, 0.6) is 0 Å². The van der Waals surface area contributed by atoms with Gasteiger partial charge >= 0.3 is 12.2 Å². The van der Waals surface area contributed by atoms with Crippen LogP contribution in [0.4, 0.5) is 18.0 Å². The number of aryl methyl sites for hydroxylation is 1. The lowest BCUT2D eigenvalue weighted by Crippen LogP contribution is -2.40. The average Bonchev–Trinajstić information content (AvgIpc) is 2.87. The molecule has 0 aromatic carbocycles. The van der Waals surface area contributed by atoms with Crippen LogP contribution in [0.3, 0.4) is 0 Å². The molecule has 0 unspecified atom stereocenters. The number of hydrogen-bond donors (Lipinski definition) is 1. The maximum Gasteiger partial charge on any atom is 0.435 e. The van der Waals surface area contributed by atoms with Crippen molar-refractivity contribution in [1.82, 2.24) is 20.0 Å². The van der Waals surface area contributed by atoms with Gasteiger partial charge in [0, 0.05) is 19.3 Å². The summed E-state index contributed by atoms with van der Waals surface area (Å²) < 4.78 is 38.3. The van der Waals surface area contributed by atoms with Crippen molar-refractivity contribution >= 4 is 11.9 Å². The fourth-order valence-corrected chi connectivity index (χ4v) is 2.05. The SMILES string of the molecule is CC1(C)NC(=O)N(CCCn2ccc(C(F)(F)F)n2)C1=O. The topological polar surface area (TPSA) is 67.2 Å². The molecule has 0 spiro atoms. The number of urea groups is 1. The Hall–Kier alpha value is -2.06. The Morgan fingerprint density at radius 2 is 1.95 bits per heavy atom. The predicted molar refractivity (Wildman–Crippen MR) is 66.2 cm³/mol. The van der Waals surface area contributed by atoms with Crippen molar-refractivity contribution in [2.75, 3.05) is 6.54 Å². The van der Waals surface area contributed by atoms with E-state index in [9.17, 15) is 22.8 Å². The van der Waals surface area contributed by atoms with Crippen molar-refractivity contribution in [2.24, 2.45) is 0 Å². The molecule has 1 aliphatic heterocycles. The first-order valence-corrected chi connectivity index (χ1v) is 6.36. The van der Waals surface area contributed by atoms with E-state index in [4.69, 9.17) is 0 Å². The highest BCUT2D eigenvalue weighted by Gasteiger charge is 2.43. The summed E-state index contributed by atoms with van der Waals surface area (Å²) in [5.41, 5.74) is -1.90. The van der Waals surface area contributed by atoms with Gasteiger partial charge in [0.05, 0.1) is 0 Å². The molecule has 0 bridgehead atoms. The van der Waals surface area contributed by atoms with Gasteiger partial charge in [-0.2, -0.15) is 18.3 Å². The first kappa shape index (κ1) is 15.3. The van der Waals surface area contributed by atoms with E-state index in [1.165, 1.54) is 6.20 Å². The second-order valence-corrected chi connectivity index (χ2v) is 5.33. The maximum absolute atomic E-state index is 12.4. The third kappa shape index (κ3) is 3.17. The summed E-state index contributed by atoms with van der Waals surface area (Å²) in [5, 5.41) is 5.93. The Kier molecular flexibility index (Phi) is 3.68. The number of carbonyl (C=O) groups excluding carboxylic acids is 2. The van der Waals surface area contributed by atoms with Crippen LogP contribution in [0.25, 0.3) is 0 Å². The second kappa shape index (κ2) is 5.05. The molecule has 2 rings (SSSR count). The fraction of sp³-hybridized carbons (Fsp3) is 0.583.